The summed E-state index contributed by atoms with van der Waals surface area (Å²) >= 11 is 18.8. The van der Waals surface area contributed by atoms with Gasteiger partial charge in [0.15, 0.2) is 9.84 Å². The normalized spacial score (nSPS) is 12.0. The van der Waals surface area contributed by atoms with Gasteiger partial charge in [-0.2, -0.15) is 0 Å². The van der Waals surface area contributed by atoms with E-state index in [0.717, 1.165) is 0 Å². The molecule has 164 valence electrons. The minimum atomic E-state index is -3.91. The van der Waals surface area contributed by atoms with Crippen molar-refractivity contribution in [2.75, 3.05) is 16.2 Å². The van der Waals surface area contributed by atoms with Gasteiger partial charge in [-0.25, -0.2) is 16.8 Å². The van der Waals surface area contributed by atoms with Gasteiger partial charge in [0.25, 0.3) is 10.0 Å². The first-order valence-electron chi connectivity index (χ1n) is 8.76. The molecule has 0 aliphatic carbocycles. The van der Waals surface area contributed by atoms with Gasteiger partial charge >= 0.3 is 0 Å². The molecule has 0 radical (unpaired) electrons. The van der Waals surface area contributed by atoms with Gasteiger partial charge in [-0.1, -0.05) is 46.9 Å². The van der Waals surface area contributed by atoms with Crippen molar-refractivity contribution in [2.24, 2.45) is 0 Å². The number of sulfonamides is 1. The van der Waals surface area contributed by atoms with Crippen LogP contribution in [0.4, 0.5) is 5.69 Å². The summed E-state index contributed by atoms with van der Waals surface area (Å²) in [5, 5.41) is 0.828. The van der Waals surface area contributed by atoms with Gasteiger partial charge in [0.2, 0.25) is 0 Å². The number of sulfone groups is 1. The van der Waals surface area contributed by atoms with Crippen LogP contribution in [-0.4, -0.2) is 28.3 Å². The van der Waals surface area contributed by atoms with Crippen molar-refractivity contribution in [1.29, 1.82) is 0 Å². The number of anilines is 1. The van der Waals surface area contributed by atoms with Crippen LogP contribution in [0.5, 0.6) is 0 Å². The predicted octanol–water partition coefficient (Wildman–Crippen LogP) is 6.01. The lowest BCUT2D eigenvalue weighted by Crippen LogP contribution is -2.14. The first-order chi connectivity index (χ1) is 14.6. The number of hydrogen-bond acceptors (Lipinski definition) is 5. The van der Waals surface area contributed by atoms with E-state index in [0.29, 0.717) is 15.6 Å². The second kappa shape index (κ2) is 10.0. The Morgan fingerprint density at radius 3 is 2.10 bits per heavy atom. The van der Waals surface area contributed by atoms with Gasteiger partial charge in [-0.05, 0) is 54.6 Å². The van der Waals surface area contributed by atoms with Crippen molar-refractivity contribution in [1.82, 2.24) is 0 Å². The number of benzene rings is 3. The number of hydrogen-bond donors (Lipinski definition) is 1. The Labute approximate surface area is 200 Å². The van der Waals surface area contributed by atoms with Gasteiger partial charge in [-0.15, -0.1) is 11.8 Å². The molecule has 0 heterocycles. The average molecular weight is 537 g/mol. The summed E-state index contributed by atoms with van der Waals surface area (Å²) < 4.78 is 53.0. The molecule has 0 atom stereocenters. The van der Waals surface area contributed by atoms with Crippen LogP contribution in [0.3, 0.4) is 0 Å². The predicted molar refractivity (Wildman–Crippen MR) is 128 cm³/mol. The van der Waals surface area contributed by atoms with Crippen LogP contribution < -0.4 is 4.72 Å². The zero-order valence-electron chi connectivity index (χ0n) is 15.8. The smallest absolute Gasteiger partial charge is 0.261 e. The number of halogens is 3. The summed E-state index contributed by atoms with van der Waals surface area (Å²) in [6.45, 7) is 0. The van der Waals surface area contributed by atoms with Gasteiger partial charge in [0.1, 0.15) is 0 Å². The first kappa shape index (κ1) is 24.2. The first-order valence-corrected chi connectivity index (χ1v) is 14.0. The highest BCUT2D eigenvalue weighted by Gasteiger charge is 2.19. The van der Waals surface area contributed by atoms with E-state index in [9.17, 15) is 16.8 Å². The quantitative estimate of drug-likeness (QED) is 0.356. The van der Waals surface area contributed by atoms with Crippen molar-refractivity contribution >= 4 is 72.1 Å². The topological polar surface area (TPSA) is 80.3 Å². The van der Waals surface area contributed by atoms with E-state index < -0.39 is 19.9 Å². The molecule has 11 heteroatoms. The molecule has 3 aromatic rings. The molecule has 0 saturated heterocycles. The van der Waals surface area contributed by atoms with Crippen LogP contribution in [0.25, 0.3) is 0 Å². The molecule has 0 bridgehead atoms. The summed E-state index contributed by atoms with van der Waals surface area (Å²) in [4.78, 5) is 0.746. The molecule has 0 aliphatic rings. The maximum absolute atomic E-state index is 12.7. The summed E-state index contributed by atoms with van der Waals surface area (Å²) in [5.41, 5.74) is 0.336. The number of rotatable bonds is 8. The maximum atomic E-state index is 12.7. The lowest BCUT2D eigenvalue weighted by Gasteiger charge is -2.13. The van der Waals surface area contributed by atoms with Crippen LogP contribution in [0.1, 0.15) is 0 Å². The lowest BCUT2D eigenvalue weighted by atomic mass is 10.3. The van der Waals surface area contributed by atoms with Crippen molar-refractivity contribution in [3.63, 3.8) is 0 Å². The number of para-hydroxylation sites is 1. The van der Waals surface area contributed by atoms with Crippen LogP contribution >= 0.6 is 46.6 Å². The van der Waals surface area contributed by atoms with E-state index in [1.807, 2.05) is 0 Å². The Morgan fingerprint density at radius 2 is 1.42 bits per heavy atom. The molecule has 0 spiro atoms. The largest absolute Gasteiger partial charge is 0.278 e. The molecular weight excluding hydrogens is 521 g/mol. The fraction of sp³-hybridized carbons (Fsp3) is 0.100. The van der Waals surface area contributed by atoms with E-state index in [4.69, 9.17) is 34.8 Å². The third kappa shape index (κ3) is 6.31. The Morgan fingerprint density at radius 1 is 0.774 bits per heavy atom. The van der Waals surface area contributed by atoms with E-state index >= 15 is 0 Å². The standard InChI is InChI=1S/C20H16Cl3NO4S3/c21-14-5-7-15(8-6-14)30(25,26)12-11-29-20-4-2-1-3-19(20)24-31(27,28)16-9-10-17(22)18(23)13-16/h1-10,13,24H,11-12H2. The highest BCUT2D eigenvalue weighted by molar-refractivity contribution is 8.01. The SMILES string of the molecule is O=S(=O)(CCSc1ccccc1NS(=O)(=O)c1ccc(Cl)c(Cl)c1)c1ccc(Cl)cc1. The van der Waals surface area contributed by atoms with Crippen molar-refractivity contribution < 1.29 is 16.8 Å². The molecule has 5 nitrogen and oxygen atoms in total. The lowest BCUT2D eigenvalue weighted by molar-refractivity contribution is 0.597. The van der Waals surface area contributed by atoms with Crippen molar-refractivity contribution in [3.05, 3.63) is 81.8 Å². The van der Waals surface area contributed by atoms with E-state index in [1.54, 1.807) is 24.3 Å². The van der Waals surface area contributed by atoms with Gasteiger partial charge < -0.3 is 0 Å². The highest BCUT2D eigenvalue weighted by Crippen LogP contribution is 2.31. The Bertz CT molecular complexity index is 1300. The molecular formula is C20H16Cl3NO4S3. The Kier molecular flexibility index (Phi) is 7.83. The third-order valence-electron chi connectivity index (χ3n) is 4.12. The average Bonchev–Trinajstić information content (AvgIpc) is 2.71. The summed E-state index contributed by atoms with van der Waals surface area (Å²) in [5.74, 6) is 0.115. The Hall–Kier alpha value is -1.42. The van der Waals surface area contributed by atoms with Gasteiger partial charge in [0, 0.05) is 15.7 Å². The highest BCUT2D eigenvalue weighted by atomic mass is 35.5. The summed E-state index contributed by atoms with van der Waals surface area (Å²) in [6.07, 6.45) is 0. The van der Waals surface area contributed by atoms with Gasteiger partial charge in [-0.3, -0.25) is 4.72 Å². The molecule has 3 aromatic carbocycles. The van der Waals surface area contributed by atoms with Crippen molar-refractivity contribution in [3.8, 4) is 0 Å². The van der Waals surface area contributed by atoms with Crippen LogP contribution in [0.2, 0.25) is 15.1 Å². The van der Waals surface area contributed by atoms with E-state index in [2.05, 4.69) is 4.72 Å². The molecule has 0 aliphatic heterocycles. The van der Waals surface area contributed by atoms with Crippen LogP contribution in [0, 0.1) is 0 Å². The second-order valence-electron chi connectivity index (χ2n) is 6.30. The third-order valence-corrected chi connectivity index (χ3v) is 9.53. The molecule has 0 fully saturated rings. The van der Waals surface area contributed by atoms with Crippen LogP contribution in [-0.2, 0) is 19.9 Å². The zero-order valence-corrected chi connectivity index (χ0v) is 20.5. The molecule has 0 saturated carbocycles. The van der Waals surface area contributed by atoms with Crippen molar-refractivity contribution in [2.45, 2.75) is 14.7 Å². The minimum absolute atomic E-state index is 0.0352. The minimum Gasteiger partial charge on any atom is -0.278 e. The Balaban J connectivity index is 1.73. The molecule has 31 heavy (non-hydrogen) atoms. The van der Waals surface area contributed by atoms with Crippen LogP contribution in [0.15, 0.2) is 81.4 Å². The number of nitrogens with one attached hydrogen (secondary N) is 1. The zero-order chi connectivity index (χ0) is 22.6. The summed E-state index contributed by atoms with van der Waals surface area (Å²) in [7, 11) is -7.41. The maximum Gasteiger partial charge on any atom is 0.261 e. The molecule has 0 unspecified atom stereocenters. The number of thioether (sulfide) groups is 1. The van der Waals surface area contributed by atoms with E-state index in [1.165, 1.54) is 54.2 Å². The molecule has 1 N–H and O–H groups in total. The molecule has 3 rings (SSSR count). The summed E-state index contributed by atoms with van der Waals surface area (Å²) in [6, 6.07) is 16.7. The van der Waals surface area contributed by atoms with E-state index in [-0.39, 0.29) is 31.3 Å². The fourth-order valence-corrected chi connectivity index (χ4v) is 6.87. The second-order valence-corrected chi connectivity index (χ2v) is 12.5. The molecule has 0 aromatic heterocycles. The fourth-order valence-electron chi connectivity index (χ4n) is 2.55. The molecule has 0 amide bonds. The van der Waals surface area contributed by atoms with Gasteiger partial charge in [0.05, 0.1) is 31.3 Å². The monoisotopic (exact) mass is 535 g/mol.